The Morgan fingerprint density at radius 1 is 1.32 bits per heavy atom. The van der Waals surface area contributed by atoms with Gasteiger partial charge in [-0.25, -0.2) is 0 Å². The zero-order valence-corrected chi connectivity index (χ0v) is 14.2. The number of allylic oxidation sites excluding steroid dienone is 1. The van der Waals surface area contributed by atoms with Crippen LogP contribution in [0.25, 0.3) is 0 Å². The summed E-state index contributed by atoms with van der Waals surface area (Å²) in [6.07, 6.45) is 7.98. The molecule has 0 aromatic heterocycles. The molecule has 1 spiro atoms. The highest BCUT2D eigenvalue weighted by atomic mass is 35.5. The van der Waals surface area contributed by atoms with E-state index in [9.17, 15) is 4.79 Å². The molecule has 4 heterocycles. The maximum atomic E-state index is 12.0. The van der Waals surface area contributed by atoms with E-state index in [1.807, 2.05) is 0 Å². The molecular weight excluding hydrogens is 300 g/mol. The molecule has 0 aromatic carbocycles. The number of carbonyl (C=O) groups excluding carboxylic acids is 1. The van der Waals surface area contributed by atoms with E-state index in [1.54, 1.807) is 0 Å². The maximum absolute atomic E-state index is 12.0. The zero-order valence-electron chi connectivity index (χ0n) is 13.4. The number of nitrogens with one attached hydrogen (secondary N) is 3. The molecule has 3 atom stereocenters. The summed E-state index contributed by atoms with van der Waals surface area (Å²) in [6, 6.07) is 0.410. The van der Waals surface area contributed by atoms with Gasteiger partial charge in [0.15, 0.2) is 5.78 Å². The van der Waals surface area contributed by atoms with Crippen LogP contribution in [0.3, 0.4) is 0 Å². The minimum absolute atomic E-state index is 0. The quantitative estimate of drug-likeness (QED) is 0.631. The monoisotopic (exact) mass is 324 g/mol. The molecule has 0 saturated carbocycles. The van der Waals surface area contributed by atoms with Gasteiger partial charge in [0, 0.05) is 30.4 Å². The molecule has 4 rings (SSSR count). The van der Waals surface area contributed by atoms with Gasteiger partial charge in [-0.1, -0.05) is 0 Å². The second-order valence-corrected chi connectivity index (χ2v) is 7.96. The Labute approximate surface area is 138 Å². The van der Waals surface area contributed by atoms with Gasteiger partial charge >= 0.3 is 0 Å². The Balaban J connectivity index is 0.00000144. The molecule has 3 N–H and O–H groups in total. The standard InChI is InChI=1S/C16H24N4O.ClH/c1-15(2,3)20-9-10-5-16(17-8-13(10)19-20)6-11-4-14(21)12(7-16)18-11;/h8-9,11-12,17-19H,4-7H2,1-3H3;1H. The third-order valence-electron chi connectivity index (χ3n) is 5.15. The van der Waals surface area contributed by atoms with Gasteiger partial charge in [-0.2, -0.15) is 0 Å². The number of fused-ring (bicyclic) bond motifs is 3. The van der Waals surface area contributed by atoms with Gasteiger partial charge in [0.05, 0.1) is 17.3 Å². The predicted molar refractivity (Wildman–Crippen MR) is 88.2 cm³/mol. The lowest BCUT2D eigenvalue weighted by Crippen LogP contribution is -2.57. The molecule has 0 aromatic rings. The van der Waals surface area contributed by atoms with E-state index in [-0.39, 0.29) is 29.5 Å². The van der Waals surface area contributed by atoms with Crippen LogP contribution in [0.1, 0.15) is 46.5 Å². The van der Waals surface area contributed by atoms with Crippen LogP contribution in [-0.4, -0.2) is 34.0 Å². The Bertz CT molecular complexity index is 565. The number of ketones is 1. The van der Waals surface area contributed by atoms with Crippen molar-refractivity contribution in [2.75, 3.05) is 0 Å². The topological polar surface area (TPSA) is 56.4 Å². The van der Waals surface area contributed by atoms with Crippen molar-refractivity contribution in [2.24, 2.45) is 0 Å². The fourth-order valence-corrected chi connectivity index (χ4v) is 4.06. The van der Waals surface area contributed by atoms with E-state index in [1.165, 1.54) is 11.3 Å². The third-order valence-corrected chi connectivity index (χ3v) is 5.15. The van der Waals surface area contributed by atoms with Gasteiger partial charge in [-0.15, -0.1) is 12.4 Å². The first-order chi connectivity index (χ1) is 9.85. The van der Waals surface area contributed by atoms with Crippen LogP contribution in [0.15, 0.2) is 23.7 Å². The second-order valence-electron chi connectivity index (χ2n) is 7.96. The molecule has 6 heteroatoms. The normalized spacial score (nSPS) is 36.1. The van der Waals surface area contributed by atoms with Crippen LogP contribution in [-0.2, 0) is 4.79 Å². The summed E-state index contributed by atoms with van der Waals surface area (Å²) in [6.45, 7) is 6.59. The van der Waals surface area contributed by atoms with Crippen molar-refractivity contribution in [3.63, 3.8) is 0 Å². The van der Waals surface area contributed by atoms with E-state index in [0.717, 1.165) is 19.3 Å². The van der Waals surface area contributed by atoms with Crippen LogP contribution < -0.4 is 16.1 Å². The van der Waals surface area contributed by atoms with E-state index >= 15 is 0 Å². The van der Waals surface area contributed by atoms with Crippen molar-refractivity contribution >= 4 is 18.2 Å². The van der Waals surface area contributed by atoms with Crippen molar-refractivity contribution < 1.29 is 4.79 Å². The number of nitrogens with zero attached hydrogens (tertiary/aromatic N) is 1. The minimum atomic E-state index is 0. The molecule has 0 radical (unpaired) electrons. The third kappa shape index (κ3) is 2.40. The summed E-state index contributed by atoms with van der Waals surface area (Å²) in [5.74, 6) is 0.392. The van der Waals surface area contributed by atoms with Crippen LogP contribution in [0.2, 0.25) is 0 Å². The summed E-state index contributed by atoms with van der Waals surface area (Å²) >= 11 is 0. The zero-order chi connectivity index (χ0) is 14.8. The van der Waals surface area contributed by atoms with Crippen LogP contribution in [0, 0.1) is 0 Å². The van der Waals surface area contributed by atoms with Gasteiger partial charge in [-0.05, 0) is 45.6 Å². The number of hydrazine groups is 1. The average molecular weight is 325 g/mol. The number of carbonyl (C=O) groups is 1. The summed E-state index contributed by atoms with van der Waals surface area (Å²) in [4.78, 5) is 12.0. The Morgan fingerprint density at radius 3 is 2.77 bits per heavy atom. The smallest absolute Gasteiger partial charge is 0.151 e. The number of rotatable bonds is 0. The molecule has 2 saturated heterocycles. The molecule has 4 aliphatic rings. The van der Waals surface area contributed by atoms with Crippen molar-refractivity contribution in [3.8, 4) is 0 Å². The molecule has 3 unspecified atom stereocenters. The number of halogens is 1. The van der Waals surface area contributed by atoms with Crippen molar-refractivity contribution in [2.45, 2.75) is 69.6 Å². The van der Waals surface area contributed by atoms with Crippen LogP contribution >= 0.6 is 12.4 Å². The van der Waals surface area contributed by atoms with E-state index in [2.05, 4.69) is 54.2 Å². The largest absolute Gasteiger partial charge is 0.383 e. The average Bonchev–Trinajstić information content (AvgIpc) is 2.90. The number of hydrogen-bond acceptors (Lipinski definition) is 5. The fourth-order valence-electron chi connectivity index (χ4n) is 4.06. The van der Waals surface area contributed by atoms with Gasteiger partial charge in [0.25, 0.3) is 0 Å². The summed E-state index contributed by atoms with van der Waals surface area (Å²) < 4.78 is 0. The Morgan fingerprint density at radius 2 is 2.09 bits per heavy atom. The summed E-state index contributed by atoms with van der Waals surface area (Å²) in [5, 5.41) is 9.24. The number of hydrogen-bond donors (Lipinski definition) is 3. The molecular formula is C16H25ClN4O. The van der Waals surface area contributed by atoms with Gasteiger partial charge in [-0.3, -0.25) is 15.2 Å². The van der Waals surface area contributed by atoms with Crippen LogP contribution in [0.5, 0.6) is 0 Å². The highest BCUT2D eigenvalue weighted by Gasteiger charge is 2.49. The molecule has 2 fully saturated rings. The Hall–Kier alpha value is -1.20. The summed E-state index contributed by atoms with van der Waals surface area (Å²) in [5.41, 5.74) is 6.10. The second kappa shape index (κ2) is 4.90. The van der Waals surface area contributed by atoms with Crippen LogP contribution in [0.4, 0.5) is 0 Å². The maximum Gasteiger partial charge on any atom is 0.151 e. The molecule has 0 aliphatic carbocycles. The van der Waals surface area contributed by atoms with E-state index < -0.39 is 0 Å². The van der Waals surface area contributed by atoms with Crippen molar-refractivity contribution in [3.05, 3.63) is 23.7 Å². The minimum Gasteiger partial charge on any atom is -0.383 e. The lowest BCUT2D eigenvalue weighted by Gasteiger charge is -2.43. The van der Waals surface area contributed by atoms with Crippen molar-refractivity contribution in [1.29, 1.82) is 0 Å². The highest BCUT2D eigenvalue weighted by molar-refractivity contribution is 5.87. The molecule has 4 aliphatic heterocycles. The first-order valence-electron chi connectivity index (χ1n) is 7.88. The highest BCUT2D eigenvalue weighted by Crippen LogP contribution is 2.41. The van der Waals surface area contributed by atoms with Gasteiger partial charge in [0.1, 0.15) is 0 Å². The van der Waals surface area contributed by atoms with Gasteiger partial charge in [0.2, 0.25) is 0 Å². The van der Waals surface area contributed by atoms with E-state index in [4.69, 9.17) is 0 Å². The Kier molecular flexibility index (Phi) is 3.49. The lowest BCUT2D eigenvalue weighted by molar-refractivity contribution is -0.118. The lowest BCUT2D eigenvalue weighted by atomic mass is 9.77. The molecule has 5 nitrogen and oxygen atoms in total. The van der Waals surface area contributed by atoms with Crippen molar-refractivity contribution in [1.82, 2.24) is 21.1 Å². The fraction of sp³-hybridized carbons (Fsp3) is 0.688. The van der Waals surface area contributed by atoms with E-state index in [0.29, 0.717) is 18.2 Å². The molecule has 0 amide bonds. The number of piperidine rings is 1. The molecule has 2 bridgehead atoms. The SMILES string of the molecule is CC(C)(C)N1C=C2CC3(CC4CC(=O)C(C3)N4)NC=C2N1.Cl. The van der Waals surface area contributed by atoms with Gasteiger partial charge < -0.3 is 10.6 Å². The molecule has 122 valence electrons. The first kappa shape index (κ1) is 15.7. The number of Topliss-reactive ketones (excluding diaryl/α,β-unsaturated/α-hetero) is 1. The summed E-state index contributed by atoms with van der Waals surface area (Å²) in [7, 11) is 0. The molecule has 22 heavy (non-hydrogen) atoms. The first-order valence-corrected chi connectivity index (χ1v) is 7.88. The predicted octanol–water partition coefficient (Wildman–Crippen LogP) is 1.58.